The SMILES string of the molecule is O=C1C=NCc2ccccc2N1c1cccs1. The summed E-state index contributed by atoms with van der Waals surface area (Å²) in [7, 11) is 0. The van der Waals surface area contributed by atoms with Crippen molar-refractivity contribution >= 4 is 34.1 Å². The van der Waals surface area contributed by atoms with Gasteiger partial charge in [-0.2, -0.15) is 0 Å². The lowest BCUT2D eigenvalue weighted by Crippen LogP contribution is -2.25. The molecule has 1 aliphatic heterocycles. The summed E-state index contributed by atoms with van der Waals surface area (Å²) in [6.45, 7) is 0.559. The second-order valence-corrected chi connectivity index (χ2v) is 4.65. The number of benzene rings is 1. The summed E-state index contributed by atoms with van der Waals surface area (Å²) in [5.74, 6) is -0.0857. The number of carbonyl (C=O) groups excluding carboxylic acids is 1. The molecule has 0 saturated carbocycles. The van der Waals surface area contributed by atoms with E-state index < -0.39 is 0 Å². The number of amides is 1. The van der Waals surface area contributed by atoms with E-state index in [0.29, 0.717) is 6.54 Å². The van der Waals surface area contributed by atoms with Gasteiger partial charge in [0.2, 0.25) is 0 Å². The Labute approximate surface area is 103 Å². The third-order valence-corrected chi connectivity index (χ3v) is 3.50. The van der Waals surface area contributed by atoms with Gasteiger partial charge < -0.3 is 0 Å². The minimum Gasteiger partial charge on any atom is -0.283 e. The first kappa shape index (κ1) is 10.2. The van der Waals surface area contributed by atoms with Gasteiger partial charge in [0.05, 0.1) is 18.4 Å². The van der Waals surface area contributed by atoms with Crippen molar-refractivity contribution in [1.29, 1.82) is 0 Å². The largest absolute Gasteiger partial charge is 0.283 e. The van der Waals surface area contributed by atoms with Crippen molar-refractivity contribution in [2.24, 2.45) is 4.99 Å². The lowest BCUT2D eigenvalue weighted by molar-refractivity contribution is -0.111. The molecule has 0 saturated heterocycles. The third kappa shape index (κ3) is 1.76. The monoisotopic (exact) mass is 242 g/mol. The van der Waals surface area contributed by atoms with E-state index in [4.69, 9.17) is 0 Å². The molecule has 0 N–H and O–H groups in total. The Balaban J connectivity index is 2.18. The molecule has 1 aliphatic rings. The molecule has 1 amide bonds. The number of carbonyl (C=O) groups is 1. The van der Waals surface area contributed by atoms with Gasteiger partial charge in [-0.3, -0.25) is 14.7 Å². The second-order valence-electron chi connectivity index (χ2n) is 3.72. The maximum atomic E-state index is 12.1. The van der Waals surface area contributed by atoms with Gasteiger partial charge in [0.1, 0.15) is 5.00 Å². The number of aliphatic imine (C=N–C) groups is 1. The van der Waals surface area contributed by atoms with E-state index in [2.05, 4.69) is 4.99 Å². The van der Waals surface area contributed by atoms with Gasteiger partial charge >= 0.3 is 0 Å². The molecule has 0 radical (unpaired) electrons. The summed E-state index contributed by atoms with van der Waals surface area (Å²) in [5, 5.41) is 2.89. The number of para-hydroxylation sites is 1. The van der Waals surface area contributed by atoms with Crippen LogP contribution >= 0.6 is 11.3 Å². The fourth-order valence-corrected chi connectivity index (χ4v) is 2.63. The normalized spacial score (nSPS) is 14.6. The van der Waals surface area contributed by atoms with Crippen LogP contribution in [0.5, 0.6) is 0 Å². The fraction of sp³-hybridized carbons (Fsp3) is 0.0769. The molecule has 2 aromatic rings. The van der Waals surface area contributed by atoms with E-state index in [0.717, 1.165) is 16.3 Å². The predicted molar refractivity (Wildman–Crippen MR) is 70.1 cm³/mol. The molecule has 3 nitrogen and oxygen atoms in total. The number of anilines is 2. The molecule has 0 bridgehead atoms. The molecule has 17 heavy (non-hydrogen) atoms. The van der Waals surface area contributed by atoms with Gasteiger partial charge in [-0.05, 0) is 29.1 Å². The van der Waals surface area contributed by atoms with Crippen molar-refractivity contribution in [3.8, 4) is 0 Å². The number of fused-ring (bicyclic) bond motifs is 1. The molecule has 0 atom stereocenters. The van der Waals surface area contributed by atoms with Gasteiger partial charge in [0.15, 0.2) is 0 Å². The molecule has 2 heterocycles. The molecule has 0 unspecified atom stereocenters. The van der Waals surface area contributed by atoms with Crippen molar-refractivity contribution in [3.63, 3.8) is 0 Å². The third-order valence-electron chi connectivity index (χ3n) is 2.64. The Morgan fingerprint density at radius 2 is 2.06 bits per heavy atom. The Hall–Kier alpha value is -1.94. The van der Waals surface area contributed by atoms with Crippen LogP contribution in [0.3, 0.4) is 0 Å². The Morgan fingerprint density at radius 3 is 2.88 bits per heavy atom. The average Bonchev–Trinajstić information content (AvgIpc) is 2.80. The first-order valence-electron chi connectivity index (χ1n) is 5.31. The zero-order valence-corrected chi connectivity index (χ0v) is 9.85. The molecular weight excluding hydrogens is 232 g/mol. The van der Waals surface area contributed by atoms with Crippen molar-refractivity contribution in [3.05, 3.63) is 47.3 Å². The predicted octanol–water partition coefficient (Wildman–Crippen LogP) is 3.00. The van der Waals surface area contributed by atoms with E-state index in [-0.39, 0.29) is 5.91 Å². The highest BCUT2D eigenvalue weighted by Gasteiger charge is 2.21. The maximum absolute atomic E-state index is 12.1. The highest BCUT2D eigenvalue weighted by Crippen LogP contribution is 2.33. The fourth-order valence-electron chi connectivity index (χ4n) is 1.89. The van der Waals surface area contributed by atoms with Crippen LogP contribution in [0, 0.1) is 0 Å². The smallest absolute Gasteiger partial charge is 0.274 e. The summed E-state index contributed by atoms with van der Waals surface area (Å²) >= 11 is 1.55. The van der Waals surface area contributed by atoms with Crippen molar-refractivity contribution in [2.75, 3.05) is 4.90 Å². The zero-order valence-electron chi connectivity index (χ0n) is 9.04. The average molecular weight is 242 g/mol. The number of thiophene rings is 1. The van der Waals surface area contributed by atoms with Crippen LogP contribution in [0.2, 0.25) is 0 Å². The van der Waals surface area contributed by atoms with Crippen LogP contribution < -0.4 is 4.90 Å². The number of rotatable bonds is 1. The molecule has 84 valence electrons. The number of hydrogen-bond acceptors (Lipinski definition) is 3. The van der Waals surface area contributed by atoms with E-state index >= 15 is 0 Å². The molecule has 3 rings (SSSR count). The lowest BCUT2D eigenvalue weighted by Gasteiger charge is -2.19. The summed E-state index contributed by atoms with van der Waals surface area (Å²) in [4.78, 5) is 17.9. The van der Waals surface area contributed by atoms with Crippen molar-refractivity contribution in [2.45, 2.75) is 6.54 Å². The second kappa shape index (κ2) is 4.14. The summed E-state index contributed by atoms with van der Waals surface area (Å²) < 4.78 is 0. The molecule has 1 aromatic heterocycles. The number of nitrogens with zero attached hydrogens (tertiary/aromatic N) is 2. The van der Waals surface area contributed by atoms with Crippen LogP contribution in [-0.2, 0) is 11.3 Å². The molecule has 0 fully saturated rings. The van der Waals surface area contributed by atoms with E-state index in [1.807, 2.05) is 41.8 Å². The van der Waals surface area contributed by atoms with Gasteiger partial charge in [-0.25, -0.2) is 0 Å². The van der Waals surface area contributed by atoms with E-state index in [1.54, 1.807) is 16.2 Å². The Morgan fingerprint density at radius 1 is 1.18 bits per heavy atom. The maximum Gasteiger partial charge on any atom is 0.274 e. The summed E-state index contributed by atoms with van der Waals surface area (Å²) in [6.07, 6.45) is 1.40. The van der Waals surface area contributed by atoms with Gasteiger partial charge in [-0.1, -0.05) is 18.2 Å². The topological polar surface area (TPSA) is 32.7 Å². The molecule has 1 aromatic carbocycles. The molecule has 0 aliphatic carbocycles. The van der Waals surface area contributed by atoms with Gasteiger partial charge in [0, 0.05) is 0 Å². The number of hydrogen-bond donors (Lipinski definition) is 0. The zero-order chi connectivity index (χ0) is 11.7. The highest BCUT2D eigenvalue weighted by atomic mass is 32.1. The van der Waals surface area contributed by atoms with Crippen molar-refractivity contribution in [1.82, 2.24) is 0 Å². The van der Waals surface area contributed by atoms with Gasteiger partial charge in [-0.15, -0.1) is 11.3 Å². The van der Waals surface area contributed by atoms with Crippen LogP contribution in [0.15, 0.2) is 46.8 Å². The highest BCUT2D eigenvalue weighted by molar-refractivity contribution is 7.14. The van der Waals surface area contributed by atoms with Crippen LogP contribution in [-0.4, -0.2) is 12.1 Å². The van der Waals surface area contributed by atoms with Crippen LogP contribution in [0.4, 0.5) is 10.7 Å². The van der Waals surface area contributed by atoms with Gasteiger partial charge in [0.25, 0.3) is 5.91 Å². The van der Waals surface area contributed by atoms with Crippen LogP contribution in [0.1, 0.15) is 5.56 Å². The molecule has 4 heteroatoms. The van der Waals surface area contributed by atoms with E-state index in [9.17, 15) is 4.79 Å². The van der Waals surface area contributed by atoms with E-state index in [1.165, 1.54) is 6.21 Å². The first-order valence-corrected chi connectivity index (χ1v) is 6.19. The minimum absolute atomic E-state index is 0.0857. The first-order chi connectivity index (χ1) is 8.36. The molecule has 0 spiro atoms. The molecular formula is C13H10N2OS. The summed E-state index contributed by atoms with van der Waals surface area (Å²) in [6, 6.07) is 11.8. The minimum atomic E-state index is -0.0857. The summed E-state index contributed by atoms with van der Waals surface area (Å²) in [5.41, 5.74) is 2.00. The standard InChI is InChI=1S/C13H10N2OS/c16-12-9-14-8-10-4-1-2-5-11(10)15(12)13-6-3-7-17-13/h1-7,9H,8H2. The lowest BCUT2D eigenvalue weighted by atomic mass is 10.1. The Kier molecular flexibility index (Phi) is 2.49. The van der Waals surface area contributed by atoms with Crippen LogP contribution in [0.25, 0.3) is 0 Å². The quantitative estimate of drug-likeness (QED) is 0.756. The van der Waals surface area contributed by atoms with Crippen molar-refractivity contribution < 1.29 is 4.79 Å². The Bertz CT molecular complexity index is 575.